The molecule has 0 spiro atoms. The number of hydrogen-bond donors (Lipinski definition) is 2. The molecule has 0 saturated carbocycles. The fourth-order valence-corrected chi connectivity index (χ4v) is 2.63. The van der Waals surface area contributed by atoms with Crippen molar-refractivity contribution in [3.63, 3.8) is 0 Å². The van der Waals surface area contributed by atoms with Crippen LogP contribution in [0.3, 0.4) is 0 Å². The van der Waals surface area contributed by atoms with Crippen molar-refractivity contribution in [3.05, 3.63) is 53.1 Å². The van der Waals surface area contributed by atoms with Gasteiger partial charge in [0.1, 0.15) is 0 Å². The fraction of sp³-hybridized carbons (Fsp3) is 0.560. The zero-order chi connectivity index (χ0) is 21.0. The van der Waals surface area contributed by atoms with Gasteiger partial charge in [0.05, 0.1) is 6.61 Å². The van der Waals surface area contributed by atoms with E-state index in [4.69, 9.17) is 5.11 Å². The van der Waals surface area contributed by atoms with Gasteiger partial charge in [0, 0.05) is 6.42 Å². The molecular formula is C25H40O3. The molecule has 1 aromatic rings. The van der Waals surface area contributed by atoms with E-state index in [0.717, 1.165) is 31.3 Å². The van der Waals surface area contributed by atoms with Gasteiger partial charge in [-0.15, -0.1) is 0 Å². The van der Waals surface area contributed by atoms with Crippen LogP contribution in [0.2, 0.25) is 0 Å². The molecule has 0 amide bonds. The minimum Gasteiger partial charge on any atom is -0.481 e. The molecular weight excluding hydrogens is 348 g/mol. The Morgan fingerprint density at radius 3 is 2.04 bits per heavy atom. The van der Waals surface area contributed by atoms with Crippen LogP contribution in [-0.4, -0.2) is 22.8 Å². The Labute approximate surface area is 172 Å². The second-order valence-electron chi connectivity index (χ2n) is 7.23. The maximum atomic E-state index is 10.1. The van der Waals surface area contributed by atoms with Crippen LogP contribution in [0.4, 0.5) is 0 Å². The highest BCUT2D eigenvalue weighted by Crippen LogP contribution is 2.14. The van der Waals surface area contributed by atoms with Gasteiger partial charge in [-0.05, 0) is 50.2 Å². The van der Waals surface area contributed by atoms with Crippen molar-refractivity contribution in [2.24, 2.45) is 0 Å². The summed E-state index contributed by atoms with van der Waals surface area (Å²) < 4.78 is 0. The van der Waals surface area contributed by atoms with Crippen LogP contribution in [0.15, 0.2) is 42.0 Å². The third kappa shape index (κ3) is 16.3. The minimum atomic E-state index is -0.697. The molecule has 1 aromatic carbocycles. The van der Waals surface area contributed by atoms with E-state index >= 15 is 0 Å². The summed E-state index contributed by atoms with van der Waals surface area (Å²) >= 11 is 0. The minimum absolute atomic E-state index is 0.178. The molecule has 0 fully saturated rings. The van der Waals surface area contributed by atoms with Gasteiger partial charge in [0.25, 0.3) is 0 Å². The molecule has 0 saturated heterocycles. The fourth-order valence-electron chi connectivity index (χ4n) is 2.63. The SMILES string of the molecule is CCCCC=CCCCC(=O)O.CCCCCC(=Cc1ccc(C)cc1)CO. The van der Waals surface area contributed by atoms with Crippen LogP contribution in [0.25, 0.3) is 6.08 Å². The Hall–Kier alpha value is -1.87. The predicted molar refractivity (Wildman–Crippen MR) is 121 cm³/mol. The highest BCUT2D eigenvalue weighted by Gasteiger charge is 1.97. The van der Waals surface area contributed by atoms with Crippen LogP contribution in [0.1, 0.15) is 89.2 Å². The van der Waals surface area contributed by atoms with Crippen molar-refractivity contribution in [1.29, 1.82) is 0 Å². The lowest BCUT2D eigenvalue weighted by Crippen LogP contribution is -1.92. The standard InChI is InChI=1S/C15H22O.C10H18O2/c1-3-4-5-6-15(12-16)11-14-9-7-13(2)8-10-14;1-2-3-4-5-6-7-8-9-10(11)12/h7-11,16H,3-6,12H2,1-2H3;5-6H,2-4,7-9H2,1H3,(H,11,12). The maximum Gasteiger partial charge on any atom is 0.303 e. The van der Waals surface area contributed by atoms with Crippen LogP contribution in [0, 0.1) is 6.92 Å². The summed E-state index contributed by atoms with van der Waals surface area (Å²) in [6.07, 6.45) is 16.5. The summed E-state index contributed by atoms with van der Waals surface area (Å²) in [6.45, 7) is 6.62. The average Bonchev–Trinajstić information content (AvgIpc) is 2.68. The lowest BCUT2D eigenvalue weighted by molar-refractivity contribution is -0.137. The Kier molecular flexibility index (Phi) is 17.3. The highest BCUT2D eigenvalue weighted by molar-refractivity contribution is 5.66. The van der Waals surface area contributed by atoms with Crippen molar-refractivity contribution in [1.82, 2.24) is 0 Å². The Bertz CT molecular complexity index is 556. The van der Waals surface area contributed by atoms with E-state index in [2.05, 4.69) is 63.3 Å². The van der Waals surface area contributed by atoms with Gasteiger partial charge < -0.3 is 10.2 Å². The monoisotopic (exact) mass is 388 g/mol. The molecule has 0 aliphatic rings. The number of aryl methyl sites for hydroxylation is 1. The van der Waals surface area contributed by atoms with Gasteiger partial charge in [-0.2, -0.15) is 0 Å². The number of aliphatic carboxylic acids is 1. The van der Waals surface area contributed by atoms with Crippen molar-refractivity contribution in [3.8, 4) is 0 Å². The number of carboxylic acids is 1. The summed E-state index contributed by atoms with van der Waals surface area (Å²) in [5, 5.41) is 17.6. The second-order valence-corrected chi connectivity index (χ2v) is 7.23. The first kappa shape index (κ1) is 26.1. The van der Waals surface area contributed by atoms with Crippen LogP contribution >= 0.6 is 0 Å². The number of rotatable bonds is 13. The number of carboxylic acid groups (broad SMARTS) is 1. The van der Waals surface area contributed by atoms with E-state index in [1.807, 2.05) is 0 Å². The molecule has 28 heavy (non-hydrogen) atoms. The lowest BCUT2D eigenvalue weighted by Gasteiger charge is -2.04. The maximum absolute atomic E-state index is 10.1. The van der Waals surface area contributed by atoms with E-state index in [1.54, 1.807) is 0 Å². The van der Waals surface area contributed by atoms with Gasteiger partial charge >= 0.3 is 5.97 Å². The summed E-state index contributed by atoms with van der Waals surface area (Å²) in [5.41, 5.74) is 3.59. The largest absolute Gasteiger partial charge is 0.481 e. The number of aliphatic hydroxyl groups is 1. The average molecular weight is 389 g/mol. The van der Waals surface area contributed by atoms with Crippen LogP contribution in [0.5, 0.6) is 0 Å². The molecule has 0 aliphatic heterocycles. The summed E-state index contributed by atoms with van der Waals surface area (Å²) in [7, 11) is 0. The van der Waals surface area contributed by atoms with Gasteiger partial charge in [0.2, 0.25) is 0 Å². The number of unbranched alkanes of at least 4 members (excludes halogenated alkanes) is 5. The normalized spacial score (nSPS) is 11.4. The number of benzene rings is 1. The topological polar surface area (TPSA) is 57.5 Å². The predicted octanol–water partition coefficient (Wildman–Crippen LogP) is 6.94. The lowest BCUT2D eigenvalue weighted by atomic mass is 10.0. The smallest absolute Gasteiger partial charge is 0.303 e. The Morgan fingerprint density at radius 1 is 0.893 bits per heavy atom. The number of hydrogen-bond acceptors (Lipinski definition) is 2. The first-order valence-corrected chi connectivity index (χ1v) is 10.8. The van der Waals surface area contributed by atoms with Crippen LogP contribution in [-0.2, 0) is 4.79 Å². The van der Waals surface area contributed by atoms with Gasteiger partial charge in [-0.1, -0.05) is 87.6 Å². The summed E-state index contributed by atoms with van der Waals surface area (Å²) in [6, 6.07) is 8.41. The van der Waals surface area contributed by atoms with E-state index < -0.39 is 5.97 Å². The Balaban J connectivity index is 0.000000546. The molecule has 1 rings (SSSR count). The number of carbonyl (C=O) groups is 1. The van der Waals surface area contributed by atoms with Crippen molar-refractivity contribution >= 4 is 12.0 Å². The molecule has 0 aromatic heterocycles. The van der Waals surface area contributed by atoms with E-state index in [1.165, 1.54) is 43.2 Å². The zero-order valence-corrected chi connectivity index (χ0v) is 18.1. The molecule has 0 heterocycles. The van der Waals surface area contributed by atoms with E-state index in [9.17, 15) is 9.90 Å². The third-order valence-corrected chi connectivity index (χ3v) is 4.41. The van der Waals surface area contributed by atoms with E-state index in [-0.39, 0.29) is 13.0 Å². The molecule has 0 aliphatic carbocycles. The van der Waals surface area contributed by atoms with Crippen molar-refractivity contribution < 1.29 is 15.0 Å². The highest BCUT2D eigenvalue weighted by atomic mass is 16.4. The summed E-state index contributed by atoms with van der Waals surface area (Å²) in [5.74, 6) is -0.697. The molecule has 0 bridgehead atoms. The van der Waals surface area contributed by atoms with Crippen LogP contribution < -0.4 is 0 Å². The molecule has 3 heteroatoms. The molecule has 158 valence electrons. The second kappa shape index (κ2) is 18.5. The van der Waals surface area contributed by atoms with Gasteiger partial charge in [-0.25, -0.2) is 0 Å². The van der Waals surface area contributed by atoms with Crippen molar-refractivity contribution in [2.45, 2.75) is 85.0 Å². The molecule has 2 N–H and O–H groups in total. The van der Waals surface area contributed by atoms with Crippen molar-refractivity contribution in [2.75, 3.05) is 6.61 Å². The molecule has 0 radical (unpaired) electrons. The van der Waals surface area contributed by atoms with Gasteiger partial charge in [-0.3, -0.25) is 4.79 Å². The zero-order valence-electron chi connectivity index (χ0n) is 18.1. The third-order valence-electron chi connectivity index (χ3n) is 4.41. The molecule has 0 unspecified atom stereocenters. The first-order valence-electron chi connectivity index (χ1n) is 10.8. The number of aliphatic hydroxyl groups excluding tert-OH is 1. The van der Waals surface area contributed by atoms with E-state index in [0.29, 0.717) is 0 Å². The number of allylic oxidation sites excluding steroid dienone is 2. The van der Waals surface area contributed by atoms with Gasteiger partial charge in [0.15, 0.2) is 0 Å². The molecule has 0 atom stereocenters. The quantitative estimate of drug-likeness (QED) is 0.284. The Morgan fingerprint density at radius 2 is 1.50 bits per heavy atom. The molecule has 3 nitrogen and oxygen atoms in total. The summed E-state index contributed by atoms with van der Waals surface area (Å²) in [4.78, 5) is 10.1. The first-order chi connectivity index (χ1) is 13.5.